The molecule has 20 heavy (non-hydrogen) atoms. The van der Waals surface area contributed by atoms with Crippen LogP contribution in [0, 0.1) is 6.92 Å². The Morgan fingerprint density at radius 2 is 2.15 bits per heavy atom. The van der Waals surface area contributed by atoms with E-state index in [-0.39, 0.29) is 5.91 Å². The number of nitrogens with one attached hydrogen (secondary N) is 1. The highest BCUT2D eigenvalue weighted by Gasteiger charge is 2.35. The maximum atomic E-state index is 12.3. The van der Waals surface area contributed by atoms with Crippen LogP contribution in [0.15, 0.2) is 18.2 Å². The quantitative estimate of drug-likeness (QED) is 0.857. The van der Waals surface area contributed by atoms with E-state index in [1.54, 1.807) is 12.1 Å². The Morgan fingerprint density at radius 3 is 2.75 bits per heavy atom. The van der Waals surface area contributed by atoms with Crippen LogP contribution < -0.4 is 11.1 Å². The predicted octanol–water partition coefficient (Wildman–Crippen LogP) is 0.804. The molecule has 0 aromatic heterocycles. The molecule has 0 spiro atoms. The van der Waals surface area contributed by atoms with E-state index in [4.69, 9.17) is 5.73 Å². The van der Waals surface area contributed by atoms with E-state index in [1.807, 2.05) is 31.7 Å². The number of hydrogen-bond acceptors (Lipinski definition) is 3. The third-order valence-electron chi connectivity index (χ3n) is 3.76. The molecule has 1 aromatic rings. The number of carbonyl (C=O) groups is 2. The van der Waals surface area contributed by atoms with Crippen molar-refractivity contribution in [2.75, 3.05) is 13.1 Å². The molecule has 2 rings (SSSR count). The summed E-state index contributed by atoms with van der Waals surface area (Å²) in [5.41, 5.74) is 7.27. The van der Waals surface area contributed by atoms with Crippen LogP contribution in [-0.2, 0) is 11.3 Å². The monoisotopic (exact) mass is 275 g/mol. The van der Waals surface area contributed by atoms with Gasteiger partial charge in [0.15, 0.2) is 0 Å². The zero-order chi connectivity index (χ0) is 14.9. The van der Waals surface area contributed by atoms with Gasteiger partial charge in [0.1, 0.15) is 0 Å². The summed E-state index contributed by atoms with van der Waals surface area (Å²) >= 11 is 0. The predicted molar refractivity (Wildman–Crippen MR) is 77.2 cm³/mol. The SMILES string of the molecule is Cc1cc(C(N)=O)ccc1CN1CCNC(C)(C)C1=O. The molecule has 5 heteroatoms. The van der Waals surface area contributed by atoms with Gasteiger partial charge < -0.3 is 16.0 Å². The van der Waals surface area contributed by atoms with Gasteiger partial charge in [-0.3, -0.25) is 9.59 Å². The van der Waals surface area contributed by atoms with Crippen LogP contribution >= 0.6 is 0 Å². The molecule has 5 nitrogen and oxygen atoms in total. The summed E-state index contributed by atoms with van der Waals surface area (Å²) in [6.45, 7) is 7.76. The van der Waals surface area contributed by atoms with Crippen molar-refractivity contribution in [1.29, 1.82) is 0 Å². The molecule has 3 N–H and O–H groups in total. The molecule has 0 radical (unpaired) electrons. The molecule has 0 bridgehead atoms. The van der Waals surface area contributed by atoms with Gasteiger partial charge in [-0.05, 0) is 44.0 Å². The molecule has 1 aliphatic heterocycles. The van der Waals surface area contributed by atoms with E-state index >= 15 is 0 Å². The topological polar surface area (TPSA) is 75.4 Å². The first-order chi connectivity index (χ1) is 9.31. The molecule has 1 aliphatic rings. The van der Waals surface area contributed by atoms with Crippen LogP contribution in [-0.4, -0.2) is 35.3 Å². The lowest BCUT2D eigenvalue weighted by Crippen LogP contribution is -2.60. The highest BCUT2D eigenvalue weighted by molar-refractivity contribution is 5.93. The first-order valence-electron chi connectivity index (χ1n) is 6.75. The van der Waals surface area contributed by atoms with Crippen molar-refractivity contribution in [2.24, 2.45) is 5.73 Å². The number of rotatable bonds is 3. The summed E-state index contributed by atoms with van der Waals surface area (Å²) in [5, 5.41) is 3.21. The fourth-order valence-electron chi connectivity index (χ4n) is 2.46. The third kappa shape index (κ3) is 2.82. The van der Waals surface area contributed by atoms with Crippen LogP contribution in [0.5, 0.6) is 0 Å². The largest absolute Gasteiger partial charge is 0.366 e. The Morgan fingerprint density at radius 1 is 1.45 bits per heavy atom. The molecule has 1 heterocycles. The van der Waals surface area contributed by atoms with E-state index in [0.717, 1.165) is 17.7 Å². The van der Waals surface area contributed by atoms with Crippen LogP contribution in [0.3, 0.4) is 0 Å². The Hall–Kier alpha value is -1.88. The van der Waals surface area contributed by atoms with E-state index in [0.29, 0.717) is 18.7 Å². The van der Waals surface area contributed by atoms with Gasteiger partial charge >= 0.3 is 0 Å². The summed E-state index contributed by atoms with van der Waals surface area (Å²) in [6, 6.07) is 5.36. The van der Waals surface area contributed by atoms with Gasteiger partial charge in [-0.1, -0.05) is 6.07 Å². The normalized spacial score (nSPS) is 18.1. The summed E-state index contributed by atoms with van der Waals surface area (Å²) in [7, 11) is 0. The molecular formula is C15H21N3O2. The van der Waals surface area contributed by atoms with Crippen molar-refractivity contribution in [3.63, 3.8) is 0 Å². The number of amides is 2. The summed E-state index contributed by atoms with van der Waals surface area (Å²) in [6.07, 6.45) is 0. The summed E-state index contributed by atoms with van der Waals surface area (Å²) in [4.78, 5) is 25.3. The number of nitrogens with zero attached hydrogens (tertiary/aromatic N) is 1. The average Bonchev–Trinajstić information content (AvgIpc) is 2.37. The maximum Gasteiger partial charge on any atom is 0.248 e. The molecule has 0 atom stereocenters. The first kappa shape index (κ1) is 14.5. The third-order valence-corrected chi connectivity index (χ3v) is 3.76. The van der Waals surface area contributed by atoms with Gasteiger partial charge in [-0.25, -0.2) is 0 Å². The van der Waals surface area contributed by atoms with Crippen molar-refractivity contribution in [2.45, 2.75) is 32.9 Å². The highest BCUT2D eigenvalue weighted by atomic mass is 16.2. The van der Waals surface area contributed by atoms with E-state index in [2.05, 4.69) is 5.32 Å². The molecule has 0 unspecified atom stereocenters. The van der Waals surface area contributed by atoms with Crippen molar-refractivity contribution in [3.8, 4) is 0 Å². The van der Waals surface area contributed by atoms with Gasteiger partial charge in [-0.2, -0.15) is 0 Å². The lowest BCUT2D eigenvalue weighted by molar-refractivity contribution is -0.140. The van der Waals surface area contributed by atoms with Crippen LogP contribution in [0.2, 0.25) is 0 Å². The van der Waals surface area contributed by atoms with Crippen molar-refractivity contribution >= 4 is 11.8 Å². The first-order valence-corrected chi connectivity index (χ1v) is 6.75. The lowest BCUT2D eigenvalue weighted by Gasteiger charge is -2.38. The second kappa shape index (κ2) is 5.25. The van der Waals surface area contributed by atoms with Gasteiger partial charge in [0.2, 0.25) is 11.8 Å². The Balaban J connectivity index is 2.18. The van der Waals surface area contributed by atoms with Crippen LogP contribution in [0.4, 0.5) is 0 Å². The number of hydrogen-bond donors (Lipinski definition) is 2. The Kier molecular flexibility index (Phi) is 3.81. The average molecular weight is 275 g/mol. The molecule has 0 saturated carbocycles. The standard InChI is InChI=1S/C15H21N3O2/c1-10-8-11(13(16)19)4-5-12(10)9-18-7-6-17-15(2,3)14(18)20/h4-5,8,17H,6-7,9H2,1-3H3,(H2,16,19). The van der Waals surface area contributed by atoms with Crippen molar-refractivity contribution in [1.82, 2.24) is 10.2 Å². The minimum Gasteiger partial charge on any atom is -0.366 e. The fourth-order valence-corrected chi connectivity index (χ4v) is 2.46. The van der Waals surface area contributed by atoms with Gasteiger partial charge in [0.05, 0.1) is 5.54 Å². The molecular weight excluding hydrogens is 254 g/mol. The highest BCUT2D eigenvalue weighted by Crippen LogP contribution is 2.18. The van der Waals surface area contributed by atoms with Gasteiger partial charge in [0.25, 0.3) is 0 Å². The molecule has 108 valence electrons. The number of carbonyl (C=O) groups excluding carboxylic acids is 2. The molecule has 0 aliphatic carbocycles. The Labute approximate surface area is 119 Å². The molecule has 1 fully saturated rings. The van der Waals surface area contributed by atoms with Crippen LogP contribution in [0.25, 0.3) is 0 Å². The minimum absolute atomic E-state index is 0.0992. The number of primary amides is 1. The van der Waals surface area contributed by atoms with Gasteiger partial charge in [0, 0.05) is 25.2 Å². The second-order valence-corrected chi connectivity index (χ2v) is 5.78. The molecule has 2 amide bonds. The number of benzene rings is 1. The molecule has 1 aromatic carbocycles. The number of piperazine rings is 1. The van der Waals surface area contributed by atoms with E-state index in [9.17, 15) is 9.59 Å². The lowest BCUT2D eigenvalue weighted by atomic mass is 9.99. The zero-order valence-corrected chi connectivity index (χ0v) is 12.2. The number of aryl methyl sites for hydroxylation is 1. The summed E-state index contributed by atoms with van der Waals surface area (Å²) in [5.74, 6) is -0.332. The summed E-state index contributed by atoms with van der Waals surface area (Å²) < 4.78 is 0. The van der Waals surface area contributed by atoms with Crippen molar-refractivity contribution in [3.05, 3.63) is 34.9 Å². The second-order valence-electron chi connectivity index (χ2n) is 5.78. The molecule has 1 saturated heterocycles. The Bertz CT molecular complexity index is 552. The van der Waals surface area contributed by atoms with Gasteiger partial charge in [-0.15, -0.1) is 0 Å². The maximum absolute atomic E-state index is 12.3. The van der Waals surface area contributed by atoms with Crippen LogP contribution in [0.1, 0.15) is 35.3 Å². The van der Waals surface area contributed by atoms with E-state index in [1.165, 1.54) is 0 Å². The van der Waals surface area contributed by atoms with E-state index < -0.39 is 11.4 Å². The fraction of sp³-hybridized carbons (Fsp3) is 0.467. The smallest absolute Gasteiger partial charge is 0.248 e. The zero-order valence-electron chi connectivity index (χ0n) is 12.2. The number of nitrogens with two attached hydrogens (primary N) is 1. The van der Waals surface area contributed by atoms with Crippen molar-refractivity contribution < 1.29 is 9.59 Å². The minimum atomic E-state index is -0.515.